The van der Waals surface area contributed by atoms with Gasteiger partial charge >= 0.3 is 0 Å². The van der Waals surface area contributed by atoms with E-state index >= 15 is 0 Å². The molecule has 226 valence electrons. The Hall–Kier alpha value is -4.34. The van der Waals surface area contributed by atoms with Crippen LogP contribution in [0.2, 0.25) is 0 Å². The minimum absolute atomic E-state index is 0.0394. The summed E-state index contributed by atoms with van der Waals surface area (Å²) >= 11 is 0. The summed E-state index contributed by atoms with van der Waals surface area (Å²) in [6, 6.07) is 0. The third kappa shape index (κ3) is 12.6. The van der Waals surface area contributed by atoms with Crippen LogP contribution >= 0.6 is 0 Å². The Balaban J connectivity index is 1.42. The number of carbonyl (C=O) groups excluding carboxylic acids is 8. The number of rotatable bonds is 18. The first-order chi connectivity index (χ1) is 19.6. The third-order valence-electron chi connectivity index (χ3n) is 6.27. The van der Waals surface area contributed by atoms with Crippen molar-refractivity contribution >= 4 is 47.3 Å². The Morgan fingerprint density at radius 2 is 1.22 bits per heavy atom. The van der Waals surface area contributed by atoms with E-state index in [4.69, 9.17) is 4.74 Å². The van der Waals surface area contributed by atoms with E-state index in [2.05, 4.69) is 31.9 Å². The van der Waals surface area contributed by atoms with Gasteiger partial charge in [-0.05, 0) is 25.7 Å². The van der Waals surface area contributed by atoms with Gasteiger partial charge in [0.05, 0.1) is 32.3 Å². The van der Waals surface area contributed by atoms with Gasteiger partial charge in [0.25, 0.3) is 11.8 Å². The molecule has 2 rings (SSSR count). The maximum atomic E-state index is 11.9. The molecule has 0 aromatic heterocycles. The molecule has 1 aliphatic heterocycles. The van der Waals surface area contributed by atoms with Crippen molar-refractivity contribution in [2.75, 3.05) is 46.5 Å². The summed E-state index contributed by atoms with van der Waals surface area (Å²) in [7, 11) is 1.57. The molecule has 16 nitrogen and oxygen atoms in total. The Morgan fingerprint density at radius 1 is 0.732 bits per heavy atom. The molecular weight excluding hydrogens is 542 g/mol. The van der Waals surface area contributed by atoms with E-state index in [-0.39, 0.29) is 68.4 Å². The number of imide groups is 1. The molecule has 0 atom stereocenters. The predicted octanol–water partition coefficient (Wildman–Crippen LogP) is -3.45. The SMILES string of the molecule is CNC(=O)C1CC(OCNC(=O)CNC(=O)CNC(=O)CNC(=O)CNC(=O)CCCCCN2C(=O)C=CC2=O)C1. The van der Waals surface area contributed by atoms with Crippen molar-refractivity contribution in [2.24, 2.45) is 5.92 Å². The zero-order valence-corrected chi connectivity index (χ0v) is 22.9. The molecule has 0 spiro atoms. The first kappa shape index (κ1) is 32.9. The van der Waals surface area contributed by atoms with Crippen LogP contribution in [0.4, 0.5) is 0 Å². The van der Waals surface area contributed by atoms with Gasteiger partial charge in [-0.25, -0.2) is 0 Å². The topological polar surface area (TPSA) is 221 Å². The Bertz CT molecular complexity index is 1020. The van der Waals surface area contributed by atoms with Gasteiger partial charge in [-0.2, -0.15) is 0 Å². The summed E-state index contributed by atoms with van der Waals surface area (Å²) in [6.07, 6.45) is 5.33. The smallest absolute Gasteiger partial charge is 0.253 e. The van der Waals surface area contributed by atoms with E-state index in [1.165, 1.54) is 12.2 Å². The quantitative estimate of drug-likeness (QED) is 0.0539. The molecule has 8 amide bonds. The molecule has 16 heteroatoms. The predicted molar refractivity (Wildman–Crippen MR) is 141 cm³/mol. The summed E-state index contributed by atoms with van der Waals surface area (Å²) in [5.74, 6) is -3.51. The lowest BCUT2D eigenvalue weighted by molar-refractivity contribution is -0.137. The van der Waals surface area contributed by atoms with Gasteiger partial charge in [-0.15, -0.1) is 0 Å². The van der Waals surface area contributed by atoms with Gasteiger partial charge < -0.3 is 36.6 Å². The fourth-order valence-corrected chi connectivity index (χ4v) is 3.80. The normalized spacial score (nSPS) is 17.3. The summed E-state index contributed by atoms with van der Waals surface area (Å²) in [6.45, 7) is -1.24. The van der Waals surface area contributed by atoms with E-state index < -0.39 is 36.7 Å². The van der Waals surface area contributed by atoms with Gasteiger partial charge in [-0.1, -0.05) is 6.42 Å². The second-order valence-electron chi connectivity index (χ2n) is 9.39. The highest BCUT2D eigenvalue weighted by Gasteiger charge is 2.34. The van der Waals surface area contributed by atoms with Crippen LogP contribution < -0.4 is 31.9 Å². The number of unbranched alkanes of at least 4 members (excludes halogenated alkanes) is 2. The minimum Gasteiger partial charge on any atom is -0.359 e. The molecule has 41 heavy (non-hydrogen) atoms. The average molecular weight is 580 g/mol. The number of amides is 8. The second kappa shape index (κ2) is 17.4. The minimum atomic E-state index is -0.640. The Labute approximate surface area is 236 Å². The number of carbonyl (C=O) groups is 8. The standard InChI is InChI=1S/C25H37N7O9/c1-26-25(40)16-9-17(10-16)41-15-31-22(37)14-30-21(36)13-29-20(35)12-28-19(34)11-27-18(33)5-3-2-4-8-32-23(38)6-7-24(32)39/h6-7,16-17H,2-5,8-15H2,1H3,(H,26,40)(H,27,33)(H,28,34)(H,29,35)(H,30,36)(H,31,37). The summed E-state index contributed by atoms with van der Waals surface area (Å²) in [5.41, 5.74) is 0. The van der Waals surface area contributed by atoms with Crippen LogP contribution in [0.3, 0.4) is 0 Å². The van der Waals surface area contributed by atoms with Crippen molar-refractivity contribution in [1.82, 2.24) is 36.8 Å². The number of hydrogen-bond acceptors (Lipinski definition) is 9. The van der Waals surface area contributed by atoms with Gasteiger partial charge in [0.15, 0.2) is 0 Å². The summed E-state index contributed by atoms with van der Waals surface area (Å²) in [4.78, 5) is 94.5. The van der Waals surface area contributed by atoms with E-state index in [0.29, 0.717) is 32.1 Å². The molecule has 1 saturated carbocycles. The molecule has 0 bridgehead atoms. The van der Waals surface area contributed by atoms with Crippen molar-refractivity contribution in [3.63, 3.8) is 0 Å². The lowest BCUT2D eigenvalue weighted by Crippen LogP contribution is -2.46. The maximum Gasteiger partial charge on any atom is 0.253 e. The second-order valence-corrected chi connectivity index (χ2v) is 9.39. The monoisotopic (exact) mass is 579 g/mol. The van der Waals surface area contributed by atoms with Gasteiger partial charge in [0.2, 0.25) is 35.4 Å². The molecular formula is C25H37N7O9. The molecule has 1 heterocycles. The van der Waals surface area contributed by atoms with Crippen molar-refractivity contribution in [2.45, 2.75) is 44.6 Å². The van der Waals surface area contributed by atoms with Crippen LogP contribution in [0, 0.1) is 5.92 Å². The molecule has 0 unspecified atom stereocenters. The van der Waals surface area contributed by atoms with Crippen molar-refractivity contribution < 1.29 is 43.1 Å². The zero-order chi connectivity index (χ0) is 30.2. The van der Waals surface area contributed by atoms with E-state index in [1.807, 2.05) is 0 Å². The summed E-state index contributed by atoms with van der Waals surface area (Å²) < 4.78 is 5.42. The molecule has 6 N–H and O–H groups in total. The average Bonchev–Trinajstić information content (AvgIpc) is 3.25. The lowest BCUT2D eigenvalue weighted by atomic mass is 9.82. The first-order valence-corrected chi connectivity index (χ1v) is 13.3. The first-order valence-electron chi connectivity index (χ1n) is 13.3. The Kier molecular flexibility index (Phi) is 13.9. The van der Waals surface area contributed by atoms with Crippen molar-refractivity contribution in [3.05, 3.63) is 12.2 Å². The number of nitrogens with one attached hydrogen (secondary N) is 6. The van der Waals surface area contributed by atoms with Crippen molar-refractivity contribution in [1.29, 1.82) is 0 Å². The zero-order valence-electron chi connectivity index (χ0n) is 22.9. The molecule has 0 radical (unpaired) electrons. The Morgan fingerprint density at radius 3 is 1.73 bits per heavy atom. The van der Waals surface area contributed by atoms with Crippen LogP contribution in [-0.2, 0) is 43.1 Å². The highest BCUT2D eigenvalue weighted by molar-refractivity contribution is 6.12. The van der Waals surface area contributed by atoms with Crippen LogP contribution in [0.15, 0.2) is 12.2 Å². The number of ether oxygens (including phenoxy) is 1. The molecule has 1 fully saturated rings. The largest absolute Gasteiger partial charge is 0.359 e. The van der Waals surface area contributed by atoms with E-state index in [9.17, 15) is 38.4 Å². The van der Waals surface area contributed by atoms with Gasteiger partial charge in [-0.3, -0.25) is 43.3 Å². The lowest BCUT2D eigenvalue weighted by Gasteiger charge is -2.33. The van der Waals surface area contributed by atoms with E-state index in [0.717, 1.165) is 4.90 Å². The molecule has 0 aromatic rings. The van der Waals surface area contributed by atoms with Crippen LogP contribution in [0.1, 0.15) is 38.5 Å². The van der Waals surface area contributed by atoms with Crippen LogP contribution in [0.25, 0.3) is 0 Å². The van der Waals surface area contributed by atoms with Crippen LogP contribution in [-0.4, -0.2) is 105 Å². The maximum absolute atomic E-state index is 11.9. The van der Waals surface area contributed by atoms with E-state index in [1.54, 1.807) is 7.05 Å². The molecule has 0 saturated heterocycles. The molecule has 2 aliphatic rings. The number of nitrogens with zero attached hydrogens (tertiary/aromatic N) is 1. The van der Waals surface area contributed by atoms with Crippen LogP contribution in [0.5, 0.6) is 0 Å². The molecule has 1 aliphatic carbocycles. The third-order valence-corrected chi connectivity index (χ3v) is 6.27. The fraction of sp³-hybridized carbons (Fsp3) is 0.600. The highest BCUT2D eigenvalue weighted by Crippen LogP contribution is 2.29. The number of hydrogen-bond donors (Lipinski definition) is 6. The molecule has 0 aromatic carbocycles. The summed E-state index contributed by atoms with van der Waals surface area (Å²) in [5, 5.41) is 14.4. The van der Waals surface area contributed by atoms with Gasteiger partial charge in [0.1, 0.15) is 6.73 Å². The highest BCUT2D eigenvalue weighted by atomic mass is 16.5. The van der Waals surface area contributed by atoms with Gasteiger partial charge in [0, 0.05) is 38.1 Å². The van der Waals surface area contributed by atoms with Crippen molar-refractivity contribution in [3.8, 4) is 0 Å². The fourth-order valence-electron chi connectivity index (χ4n) is 3.80.